The van der Waals surface area contributed by atoms with E-state index in [4.69, 9.17) is 4.74 Å². The molecule has 0 atom stereocenters. The van der Waals surface area contributed by atoms with Crippen molar-refractivity contribution in [1.29, 1.82) is 0 Å². The molecule has 0 aliphatic heterocycles. The van der Waals surface area contributed by atoms with Gasteiger partial charge in [0.05, 0.1) is 4.92 Å². The van der Waals surface area contributed by atoms with Crippen LogP contribution < -0.4 is 0 Å². The fraction of sp³-hybridized carbons (Fsp3) is 0.0526. The molecule has 0 amide bonds. The number of para-hydroxylation sites is 1. The zero-order chi connectivity index (χ0) is 18.5. The van der Waals surface area contributed by atoms with E-state index in [0.29, 0.717) is 0 Å². The summed E-state index contributed by atoms with van der Waals surface area (Å²) in [7, 11) is 0. The number of ether oxygens (including phenoxy) is 1. The maximum Gasteiger partial charge on any atom is 0.331 e. The number of rotatable bonds is 6. The van der Waals surface area contributed by atoms with Gasteiger partial charge in [0, 0.05) is 46.4 Å². The molecule has 130 valence electrons. The van der Waals surface area contributed by atoms with Crippen LogP contribution in [0.25, 0.3) is 17.0 Å². The van der Waals surface area contributed by atoms with Crippen LogP contribution in [-0.4, -0.2) is 28.3 Å². The summed E-state index contributed by atoms with van der Waals surface area (Å²) >= 11 is 0. The maximum absolute atomic E-state index is 12.0. The maximum atomic E-state index is 12.0. The average molecular weight is 350 g/mol. The van der Waals surface area contributed by atoms with Crippen LogP contribution in [-0.2, 0) is 9.53 Å². The van der Waals surface area contributed by atoms with Gasteiger partial charge < -0.3 is 9.72 Å². The van der Waals surface area contributed by atoms with Gasteiger partial charge in [-0.3, -0.25) is 14.9 Å². The highest BCUT2D eigenvalue weighted by Crippen LogP contribution is 2.18. The fourth-order valence-electron chi connectivity index (χ4n) is 2.43. The van der Waals surface area contributed by atoms with Crippen molar-refractivity contribution >= 4 is 34.4 Å². The molecule has 2 aromatic carbocycles. The summed E-state index contributed by atoms with van der Waals surface area (Å²) in [6, 6.07) is 12.8. The fourth-order valence-corrected chi connectivity index (χ4v) is 2.43. The minimum atomic E-state index is -0.648. The Morgan fingerprint density at radius 3 is 2.58 bits per heavy atom. The third-order valence-electron chi connectivity index (χ3n) is 3.77. The smallest absolute Gasteiger partial charge is 0.331 e. The molecule has 0 bridgehead atoms. The van der Waals surface area contributed by atoms with Gasteiger partial charge in [0.25, 0.3) is 5.69 Å². The second-order valence-corrected chi connectivity index (χ2v) is 5.46. The third kappa shape index (κ3) is 3.84. The van der Waals surface area contributed by atoms with Crippen LogP contribution in [0.2, 0.25) is 0 Å². The van der Waals surface area contributed by atoms with E-state index in [2.05, 4.69) is 4.98 Å². The van der Waals surface area contributed by atoms with Crippen molar-refractivity contribution in [3.05, 3.63) is 82.0 Å². The van der Waals surface area contributed by atoms with E-state index in [1.165, 1.54) is 30.3 Å². The molecule has 26 heavy (non-hydrogen) atoms. The van der Waals surface area contributed by atoms with Crippen molar-refractivity contribution in [2.45, 2.75) is 0 Å². The van der Waals surface area contributed by atoms with E-state index >= 15 is 0 Å². The number of H-pyrrole nitrogens is 1. The van der Waals surface area contributed by atoms with E-state index in [1.807, 2.05) is 24.3 Å². The van der Waals surface area contributed by atoms with Crippen molar-refractivity contribution in [3.63, 3.8) is 0 Å². The van der Waals surface area contributed by atoms with Gasteiger partial charge in [-0.15, -0.1) is 0 Å². The first-order chi connectivity index (χ1) is 12.5. The molecule has 0 fully saturated rings. The van der Waals surface area contributed by atoms with Crippen LogP contribution in [0.4, 0.5) is 5.69 Å². The van der Waals surface area contributed by atoms with Crippen LogP contribution in [0.3, 0.4) is 0 Å². The molecule has 0 radical (unpaired) electrons. The summed E-state index contributed by atoms with van der Waals surface area (Å²) < 4.78 is 4.93. The molecule has 0 unspecified atom stereocenters. The Kier molecular flexibility index (Phi) is 4.89. The molecule has 3 rings (SSSR count). The van der Waals surface area contributed by atoms with Crippen LogP contribution in [0.1, 0.15) is 15.9 Å². The van der Waals surface area contributed by atoms with Crippen molar-refractivity contribution in [1.82, 2.24) is 4.98 Å². The molecule has 0 aliphatic rings. The number of aromatic nitrogens is 1. The first kappa shape index (κ1) is 17.1. The highest BCUT2D eigenvalue weighted by atomic mass is 16.6. The monoisotopic (exact) mass is 350 g/mol. The zero-order valence-electron chi connectivity index (χ0n) is 13.5. The number of esters is 1. The van der Waals surface area contributed by atoms with E-state index in [9.17, 15) is 19.7 Å². The second kappa shape index (κ2) is 7.43. The number of aromatic amines is 1. The first-order valence-electron chi connectivity index (χ1n) is 7.73. The quantitative estimate of drug-likeness (QED) is 0.241. The van der Waals surface area contributed by atoms with Crippen molar-refractivity contribution in [2.24, 2.45) is 0 Å². The van der Waals surface area contributed by atoms with Gasteiger partial charge in [-0.2, -0.15) is 0 Å². The van der Waals surface area contributed by atoms with E-state index in [1.54, 1.807) is 12.3 Å². The van der Waals surface area contributed by atoms with Gasteiger partial charge in [-0.25, -0.2) is 4.79 Å². The molecular formula is C19H14N2O5. The number of nitrogens with one attached hydrogen (secondary N) is 1. The highest BCUT2D eigenvalue weighted by Gasteiger charge is 2.11. The molecule has 1 heterocycles. The van der Waals surface area contributed by atoms with Crippen molar-refractivity contribution < 1.29 is 19.2 Å². The number of carbonyl (C=O) groups is 2. The average Bonchev–Trinajstić information content (AvgIpc) is 3.07. The number of Topliss-reactive ketones (excluding diaryl/α,β-unsaturated/α-hetero) is 1. The largest absolute Gasteiger partial charge is 0.454 e. The lowest BCUT2D eigenvalue weighted by Gasteiger charge is -2.01. The number of hydrogen-bond donors (Lipinski definition) is 1. The number of nitro benzene ring substituents is 1. The summed E-state index contributed by atoms with van der Waals surface area (Å²) in [6.07, 6.45) is 4.63. The predicted molar refractivity (Wildman–Crippen MR) is 95.7 cm³/mol. The van der Waals surface area contributed by atoms with E-state index < -0.39 is 23.3 Å². The number of non-ortho nitro benzene ring substituents is 1. The Hall–Kier alpha value is -3.74. The van der Waals surface area contributed by atoms with Gasteiger partial charge in [-0.1, -0.05) is 18.2 Å². The molecular weight excluding hydrogens is 336 g/mol. The minimum absolute atomic E-state index is 0.111. The normalized spacial score (nSPS) is 10.9. The topological polar surface area (TPSA) is 102 Å². The van der Waals surface area contributed by atoms with E-state index in [0.717, 1.165) is 16.5 Å². The number of hydrogen-bond acceptors (Lipinski definition) is 5. The summed E-state index contributed by atoms with van der Waals surface area (Å²) in [5, 5.41) is 11.6. The molecule has 7 nitrogen and oxygen atoms in total. The summed E-state index contributed by atoms with van der Waals surface area (Å²) in [5.74, 6) is -1.08. The Bertz CT molecular complexity index is 1000. The van der Waals surface area contributed by atoms with Gasteiger partial charge in [0.2, 0.25) is 0 Å². The SMILES string of the molecule is O=C(C=Cc1c[nH]c2ccccc12)OCC(=O)c1ccc([N+](=O)[O-])cc1. The number of carbonyl (C=O) groups excluding carboxylic acids is 2. The van der Waals surface area contributed by atoms with Crippen LogP contribution >= 0.6 is 0 Å². The molecule has 1 aromatic heterocycles. The Labute approximate surface area is 148 Å². The molecule has 0 spiro atoms. The minimum Gasteiger partial charge on any atom is -0.454 e. The second-order valence-electron chi connectivity index (χ2n) is 5.46. The molecule has 1 N–H and O–H groups in total. The van der Waals surface area contributed by atoms with Gasteiger partial charge in [-0.05, 0) is 24.3 Å². The third-order valence-corrected chi connectivity index (χ3v) is 3.77. The number of fused-ring (bicyclic) bond motifs is 1. The molecule has 7 heteroatoms. The Morgan fingerprint density at radius 2 is 1.85 bits per heavy atom. The lowest BCUT2D eigenvalue weighted by Crippen LogP contribution is -2.12. The molecule has 0 aliphatic carbocycles. The van der Waals surface area contributed by atoms with Crippen molar-refractivity contribution in [2.75, 3.05) is 6.61 Å². The molecule has 0 saturated carbocycles. The summed E-state index contributed by atoms with van der Waals surface area (Å²) in [5.41, 5.74) is 1.91. The zero-order valence-corrected chi connectivity index (χ0v) is 13.5. The summed E-state index contributed by atoms with van der Waals surface area (Å²) in [6.45, 7) is -0.436. The van der Waals surface area contributed by atoms with Crippen molar-refractivity contribution in [3.8, 4) is 0 Å². The number of nitrogens with zero attached hydrogens (tertiary/aromatic N) is 1. The number of benzene rings is 2. The highest BCUT2D eigenvalue weighted by molar-refractivity contribution is 5.99. The predicted octanol–water partition coefficient (Wildman–Crippen LogP) is 3.52. The van der Waals surface area contributed by atoms with E-state index in [-0.39, 0.29) is 11.3 Å². The summed E-state index contributed by atoms with van der Waals surface area (Å²) in [4.78, 5) is 36.9. The first-order valence-corrected chi connectivity index (χ1v) is 7.73. The van der Waals surface area contributed by atoms with Crippen LogP contribution in [0, 0.1) is 10.1 Å². The van der Waals surface area contributed by atoms with Crippen LogP contribution in [0.5, 0.6) is 0 Å². The standard InChI is InChI=1S/C19H14N2O5/c22-18(13-5-8-15(9-6-13)21(24)25)12-26-19(23)10-7-14-11-20-17-4-2-1-3-16(14)17/h1-11,20H,12H2. The lowest BCUT2D eigenvalue weighted by atomic mass is 10.1. The van der Waals surface area contributed by atoms with Gasteiger partial charge in [0.15, 0.2) is 12.4 Å². The number of nitro groups is 1. The molecule has 3 aromatic rings. The lowest BCUT2D eigenvalue weighted by molar-refractivity contribution is -0.384. The van der Waals surface area contributed by atoms with Crippen LogP contribution in [0.15, 0.2) is 60.8 Å². The van der Waals surface area contributed by atoms with Gasteiger partial charge >= 0.3 is 5.97 Å². The Balaban J connectivity index is 1.58. The molecule has 0 saturated heterocycles. The number of ketones is 1. The Morgan fingerprint density at radius 1 is 1.12 bits per heavy atom. The van der Waals surface area contributed by atoms with Gasteiger partial charge in [0.1, 0.15) is 0 Å².